The van der Waals surface area contributed by atoms with E-state index in [1.54, 1.807) is 26.0 Å². The highest BCUT2D eigenvalue weighted by Gasteiger charge is 2.41. The van der Waals surface area contributed by atoms with E-state index < -0.39 is 29.7 Å². The number of imide groups is 1. The summed E-state index contributed by atoms with van der Waals surface area (Å²) in [4.78, 5) is 36.0. The fraction of sp³-hybridized carbons (Fsp3) is 0.308. The first-order valence-electron chi connectivity index (χ1n) is 5.63. The van der Waals surface area contributed by atoms with Gasteiger partial charge in [-0.05, 0) is 18.1 Å². The Morgan fingerprint density at radius 3 is 1.89 bits per heavy atom. The lowest BCUT2D eigenvalue weighted by Gasteiger charge is -2.30. The molecule has 0 saturated heterocycles. The highest BCUT2D eigenvalue weighted by atomic mass is 16.4. The van der Waals surface area contributed by atoms with Crippen molar-refractivity contribution in [2.24, 2.45) is 5.92 Å². The Hall–Kier alpha value is -2.17. The van der Waals surface area contributed by atoms with Crippen LogP contribution >= 0.6 is 0 Å². The van der Waals surface area contributed by atoms with Gasteiger partial charge in [-0.15, -0.1) is 0 Å². The van der Waals surface area contributed by atoms with Gasteiger partial charge in [-0.25, -0.2) is 0 Å². The third-order valence-electron chi connectivity index (χ3n) is 2.98. The summed E-state index contributed by atoms with van der Waals surface area (Å²) in [6, 6.07) is 5.07. The van der Waals surface area contributed by atoms with E-state index in [9.17, 15) is 19.5 Å². The molecule has 0 aromatic heterocycles. The lowest BCUT2D eigenvalue weighted by molar-refractivity contribution is -0.311. The number of carbonyl (C=O) groups is 3. The first-order valence-corrected chi connectivity index (χ1v) is 5.63. The summed E-state index contributed by atoms with van der Waals surface area (Å²) in [6.45, 7) is 3.26. The molecule has 1 aromatic carbocycles. The number of carboxylic acid groups (broad SMARTS) is 1. The van der Waals surface area contributed by atoms with E-state index >= 15 is 0 Å². The van der Waals surface area contributed by atoms with Gasteiger partial charge in [0.2, 0.25) is 0 Å². The molecule has 0 saturated carbocycles. The summed E-state index contributed by atoms with van der Waals surface area (Å²) in [5, 5.41) is 11.1. The second-order valence-corrected chi connectivity index (χ2v) is 4.53. The van der Waals surface area contributed by atoms with Crippen molar-refractivity contribution in [3.8, 4) is 0 Å². The van der Waals surface area contributed by atoms with Crippen molar-refractivity contribution in [1.82, 2.24) is 4.90 Å². The van der Waals surface area contributed by atoms with Crippen LogP contribution < -0.4 is 5.11 Å². The van der Waals surface area contributed by atoms with Crippen LogP contribution in [0.25, 0.3) is 0 Å². The first kappa shape index (κ1) is 12.3. The number of fused-ring (bicyclic) bond motifs is 1. The third-order valence-corrected chi connectivity index (χ3v) is 2.98. The average molecular weight is 246 g/mol. The van der Waals surface area contributed by atoms with Crippen LogP contribution in [0.2, 0.25) is 0 Å². The van der Waals surface area contributed by atoms with Crippen molar-refractivity contribution in [3.63, 3.8) is 0 Å². The maximum atomic E-state index is 12.1. The SMILES string of the molecule is CC(C)[C@H](C(=O)[O-])N1C(=O)c2ccccc2C1=O. The van der Waals surface area contributed by atoms with Crippen molar-refractivity contribution in [2.75, 3.05) is 0 Å². The predicted octanol–water partition coefficient (Wildman–Crippen LogP) is 0.0571. The Kier molecular flexibility index (Phi) is 2.90. The summed E-state index contributed by atoms with van der Waals surface area (Å²) in [5.41, 5.74) is 0.490. The van der Waals surface area contributed by atoms with Crippen molar-refractivity contribution in [1.29, 1.82) is 0 Å². The molecule has 0 spiro atoms. The van der Waals surface area contributed by atoms with Gasteiger partial charge in [0.05, 0.1) is 23.1 Å². The summed E-state index contributed by atoms with van der Waals surface area (Å²) in [7, 11) is 0. The van der Waals surface area contributed by atoms with Gasteiger partial charge >= 0.3 is 0 Å². The molecule has 18 heavy (non-hydrogen) atoms. The van der Waals surface area contributed by atoms with Crippen molar-refractivity contribution < 1.29 is 19.5 Å². The van der Waals surface area contributed by atoms with Crippen LogP contribution in [-0.4, -0.2) is 28.7 Å². The predicted molar refractivity (Wildman–Crippen MR) is 60.6 cm³/mol. The molecule has 0 radical (unpaired) electrons. The molecule has 2 rings (SSSR count). The Morgan fingerprint density at radius 1 is 1.11 bits per heavy atom. The highest BCUT2D eigenvalue weighted by Crippen LogP contribution is 2.26. The van der Waals surface area contributed by atoms with Gasteiger partial charge in [0.15, 0.2) is 0 Å². The molecule has 94 valence electrons. The topological polar surface area (TPSA) is 77.5 Å². The Morgan fingerprint density at radius 2 is 1.56 bits per heavy atom. The minimum atomic E-state index is -1.42. The second kappa shape index (κ2) is 4.25. The van der Waals surface area contributed by atoms with E-state index in [0.29, 0.717) is 0 Å². The van der Waals surface area contributed by atoms with Crippen LogP contribution in [0.3, 0.4) is 0 Å². The molecule has 0 N–H and O–H groups in total. The lowest BCUT2D eigenvalue weighted by atomic mass is 10.0. The molecule has 0 fully saturated rings. The molecule has 1 aromatic rings. The monoisotopic (exact) mass is 246 g/mol. The quantitative estimate of drug-likeness (QED) is 0.706. The normalized spacial score (nSPS) is 16.1. The maximum absolute atomic E-state index is 12.1. The lowest BCUT2D eigenvalue weighted by Crippen LogP contribution is -2.53. The van der Waals surface area contributed by atoms with Crippen LogP contribution in [-0.2, 0) is 4.79 Å². The minimum absolute atomic E-state index is 0.245. The molecule has 1 heterocycles. The zero-order valence-electron chi connectivity index (χ0n) is 10.0. The van der Waals surface area contributed by atoms with Gasteiger partial charge in [0.25, 0.3) is 11.8 Å². The van der Waals surface area contributed by atoms with Gasteiger partial charge in [-0.3, -0.25) is 14.5 Å². The zero-order valence-corrected chi connectivity index (χ0v) is 10.0. The van der Waals surface area contributed by atoms with E-state index in [2.05, 4.69) is 0 Å². The number of carboxylic acids is 1. The zero-order chi connectivity index (χ0) is 13.4. The Labute approximate surface area is 104 Å². The van der Waals surface area contributed by atoms with E-state index in [0.717, 1.165) is 4.90 Å². The molecule has 2 amide bonds. The number of benzene rings is 1. The van der Waals surface area contributed by atoms with Gasteiger partial charge in [0.1, 0.15) is 0 Å². The molecule has 5 heteroatoms. The van der Waals surface area contributed by atoms with Gasteiger partial charge in [0, 0.05) is 0 Å². The van der Waals surface area contributed by atoms with Gasteiger partial charge in [-0.2, -0.15) is 0 Å². The Balaban J connectivity index is 2.47. The molecular weight excluding hydrogens is 234 g/mol. The largest absolute Gasteiger partial charge is 0.548 e. The van der Waals surface area contributed by atoms with E-state index in [1.165, 1.54) is 12.1 Å². The number of hydrogen-bond acceptors (Lipinski definition) is 4. The number of aliphatic carboxylic acids is 1. The maximum Gasteiger partial charge on any atom is 0.262 e. The third kappa shape index (κ3) is 1.68. The van der Waals surface area contributed by atoms with Crippen LogP contribution in [0.15, 0.2) is 24.3 Å². The molecular formula is C13H12NO4-. The van der Waals surface area contributed by atoms with Crippen LogP contribution in [0.1, 0.15) is 34.6 Å². The summed E-state index contributed by atoms with van der Waals surface area (Å²) in [6.07, 6.45) is 0. The van der Waals surface area contributed by atoms with E-state index in [-0.39, 0.29) is 11.1 Å². The summed E-state index contributed by atoms with van der Waals surface area (Å²) in [5.74, 6) is -2.96. The summed E-state index contributed by atoms with van der Waals surface area (Å²) >= 11 is 0. The van der Waals surface area contributed by atoms with E-state index in [4.69, 9.17) is 0 Å². The standard InChI is InChI=1S/C13H13NO4/c1-7(2)10(13(17)18)14-11(15)8-5-3-4-6-9(8)12(14)16/h3-7,10H,1-2H3,(H,17,18)/p-1/t10-/m1/s1. The molecule has 0 unspecified atom stereocenters. The molecule has 1 aliphatic heterocycles. The molecule has 5 nitrogen and oxygen atoms in total. The number of amides is 2. The number of rotatable bonds is 3. The van der Waals surface area contributed by atoms with Crippen molar-refractivity contribution in [2.45, 2.75) is 19.9 Å². The first-order chi connectivity index (χ1) is 8.45. The average Bonchev–Trinajstić information content (AvgIpc) is 2.55. The fourth-order valence-electron chi connectivity index (χ4n) is 2.14. The van der Waals surface area contributed by atoms with Crippen LogP contribution in [0, 0.1) is 5.92 Å². The number of nitrogens with zero attached hydrogens (tertiary/aromatic N) is 1. The molecule has 1 atom stereocenters. The minimum Gasteiger partial charge on any atom is -0.548 e. The summed E-state index contributed by atoms with van der Waals surface area (Å²) < 4.78 is 0. The van der Waals surface area contributed by atoms with E-state index in [1.807, 2.05) is 0 Å². The molecule has 1 aliphatic rings. The molecule has 0 bridgehead atoms. The second-order valence-electron chi connectivity index (χ2n) is 4.53. The van der Waals surface area contributed by atoms with Crippen LogP contribution in [0.5, 0.6) is 0 Å². The van der Waals surface area contributed by atoms with Crippen molar-refractivity contribution in [3.05, 3.63) is 35.4 Å². The van der Waals surface area contributed by atoms with Crippen LogP contribution in [0.4, 0.5) is 0 Å². The number of carbonyl (C=O) groups excluding carboxylic acids is 3. The fourth-order valence-corrected chi connectivity index (χ4v) is 2.14. The number of hydrogen-bond donors (Lipinski definition) is 0. The van der Waals surface area contributed by atoms with Crippen molar-refractivity contribution >= 4 is 17.8 Å². The van der Waals surface area contributed by atoms with Gasteiger partial charge in [-0.1, -0.05) is 26.0 Å². The Bertz CT molecular complexity index is 501. The smallest absolute Gasteiger partial charge is 0.262 e. The molecule has 0 aliphatic carbocycles. The highest BCUT2D eigenvalue weighted by molar-refractivity contribution is 6.22. The van der Waals surface area contributed by atoms with Gasteiger partial charge < -0.3 is 9.90 Å².